The summed E-state index contributed by atoms with van der Waals surface area (Å²) in [4.78, 5) is 2.11. The van der Waals surface area contributed by atoms with Crippen LogP contribution in [0.5, 0.6) is 0 Å². The van der Waals surface area contributed by atoms with Crippen molar-refractivity contribution in [2.24, 2.45) is 5.92 Å². The Bertz CT molecular complexity index is 291. The lowest BCUT2D eigenvalue weighted by Gasteiger charge is -2.29. The number of rotatable bonds is 2. The summed E-state index contributed by atoms with van der Waals surface area (Å²) in [5, 5.41) is 7.53. The highest BCUT2D eigenvalue weighted by Crippen LogP contribution is 2.24. The molecular formula is C9H16N4O. The molecule has 2 rings (SSSR count). The third kappa shape index (κ3) is 1.81. The van der Waals surface area contributed by atoms with Crippen molar-refractivity contribution in [3.63, 3.8) is 0 Å². The number of nitrogen functional groups attached to an aromatic ring is 1. The molecule has 5 heteroatoms. The molecule has 0 amide bonds. The summed E-state index contributed by atoms with van der Waals surface area (Å²) in [6.07, 6.45) is 3.68. The standard InChI is InChI=1S/C9H16N4O/c1-2-7-3-5-13(6-4-7)9-12-11-8(10)14-9/h7H,2-6H2,1H3,(H2,10,11). The van der Waals surface area contributed by atoms with Crippen LogP contribution in [-0.4, -0.2) is 23.3 Å². The smallest absolute Gasteiger partial charge is 0.319 e. The van der Waals surface area contributed by atoms with Gasteiger partial charge in [-0.05, 0) is 18.8 Å². The van der Waals surface area contributed by atoms with Gasteiger partial charge in [-0.1, -0.05) is 23.5 Å². The van der Waals surface area contributed by atoms with Gasteiger partial charge in [0.05, 0.1) is 0 Å². The molecule has 14 heavy (non-hydrogen) atoms. The van der Waals surface area contributed by atoms with Crippen molar-refractivity contribution in [2.45, 2.75) is 26.2 Å². The van der Waals surface area contributed by atoms with Crippen LogP contribution in [0, 0.1) is 5.92 Å². The molecule has 0 aliphatic carbocycles. The molecule has 78 valence electrons. The highest BCUT2D eigenvalue weighted by molar-refractivity contribution is 5.28. The lowest BCUT2D eigenvalue weighted by Crippen LogP contribution is -2.33. The van der Waals surface area contributed by atoms with E-state index in [2.05, 4.69) is 22.0 Å². The van der Waals surface area contributed by atoms with Gasteiger partial charge in [-0.25, -0.2) is 0 Å². The third-order valence-electron chi connectivity index (χ3n) is 2.89. The second kappa shape index (κ2) is 3.86. The maximum absolute atomic E-state index is 5.37. The summed E-state index contributed by atoms with van der Waals surface area (Å²) in [6, 6.07) is 0.717. The van der Waals surface area contributed by atoms with Gasteiger partial charge in [-0.2, -0.15) is 0 Å². The van der Waals surface area contributed by atoms with E-state index in [1.807, 2.05) is 0 Å². The fourth-order valence-corrected chi connectivity index (χ4v) is 1.89. The minimum atomic E-state index is 0.151. The number of nitrogens with two attached hydrogens (primary N) is 1. The molecule has 1 saturated heterocycles. The Hall–Kier alpha value is -1.26. The molecule has 0 atom stereocenters. The van der Waals surface area contributed by atoms with Crippen molar-refractivity contribution < 1.29 is 4.42 Å². The molecule has 1 aromatic rings. The Balaban J connectivity index is 1.95. The first-order chi connectivity index (χ1) is 6.79. The van der Waals surface area contributed by atoms with Gasteiger partial charge in [0.1, 0.15) is 0 Å². The Morgan fingerprint density at radius 2 is 2.14 bits per heavy atom. The normalized spacial score (nSPS) is 18.8. The van der Waals surface area contributed by atoms with Crippen LogP contribution in [0.1, 0.15) is 26.2 Å². The van der Waals surface area contributed by atoms with E-state index in [0.29, 0.717) is 6.01 Å². The van der Waals surface area contributed by atoms with Crippen molar-refractivity contribution in [3.8, 4) is 0 Å². The molecule has 0 radical (unpaired) electrons. The molecule has 1 fully saturated rings. The summed E-state index contributed by atoms with van der Waals surface area (Å²) in [5.41, 5.74) is 5.37. The summed E-state index contributed by atoms with van der Waals surface area (Å²) in [5.74, 6) is 0.853. The van der Waals surface area contributed by atoms with Gasteiger partial charge < -0.3 is 15.1 Å². The molecule has 1 aliphatic rings. The fourth-order valence-electron chi connectivity index (χ4n) is 1.89. The summed E-state index contributed by atoms with van der Waals surface area (Å²) >= 11 is 0. The van der Waals surface area contributed by atoms with E-state index in [1.54, 1.807) is 0 Å². The van der Waals surface area contributed by atoms with E-state index >= 15 is 0 Å². The van der Waals surface area contributed by atoms with E-state index in [1.165, 1.54) is 19.3 Å². The second-order valence-corrected chi connectivity index (χ2v) is 3.76. The zero-order valence-electron chi connectivity index (χ0n) is 8.44. The van der Waals surface area contributed by atoms with Gasteiger partial charge >= 0.3 is 12.0 Å². The molecule has 0 bridgehead atoms. The first kappa shape index (κ1) is 9.30. The lowest BCUT2D eigenvalue weighted by molar-refractivity contribution is 0.380. The molecule has 2 N–H and O–H groups in total. The maximum Gasteiger partial charge on any atom is 0.319 e. The Labute approximate surface area is 83.3 Å². The number of nitrogens with zero attached hydrogens (tertiary/aromatic N) is 3. The summed E-state index contributed by atoms with van der Waals surface area (Å²) < 4.78 is 5.17. The van der Waals surface area contributed by atoms with Crippen LogP contribution in [0.4, 0.5) is 12.0 Å². The van der Waals surface area contributed by atoms with Crippen LogP contribution in [0.15, 0.2) is 4.42 Å². The van der Waals surface area contributed by atoms with Crippen molar-refractivity contribution >= 4 is 12.0 Å². The molecule has 0 saturated carbocycles. The molecule has 0 spiro atoms. The SMILES string of the molecule is CCC1CCN(c2nnc(N)o2)CC1. The van der Waals surface area contributed by atoms with Crippen LogP contribution in [0.2, 0.25) is 0 Å². The van der Waals surface area contributed by atoms with Gasteiger partial charge in [-0.3, -0.25) is 0 Å². The van der Waals surface area contributed by atoms with Gasteiger partial charge in [0.25, 0.3) is 0 Å². The van der Waals surface area contributed by atoms with Crippen molar-refractivity contribution in [2.75, 3.05) is 23.7 Å². The van der Waals surface area contributed by atoms with Crippen molar-refractivity contribution in [3.05, 3.63) is 0 Å². The zero-order valence-corrected chi connectivity index (χ0v) is 8.44. The third-order valence-corrected chi connectivity index (χ3v) is 2.89. The van der Waals surface area contributed by atoms with Gasteiger partial charge in [0, 0.05) is 13.1 Å². The van der Waals surface area contributed by atoms with E-state index in [-0.39, 0.29) is 6.01 Å². The minimum absolute atomic E-state index is 0.151. The molecule has 1 aromatic heterocycles. The largest absolute Gasteiger partial charge is 0.390 e. The minimum Gasteiger partial charge on any atom is -0.390 e. The number of anilines is 2. The first-order valence-electron chi connectivity index (χ1n) is 5.13. The molecule has 2 heterocycles. The quantitative estimate of drug-likeness (QED) is 0.771. The Morgan fingerprint density at radius 3 is 2.64 bits per heavy atom. The highest BCUT2D eigenvalue weighted by Gasteiger charge is 2.21. The number of aromatic nitrogens is 2. The predicted octanol–water partition coefficient (Wildman–Crippen LogP) is 1.28. The predicted molar refractivity (Wildman–Crippen MR) is 53.9 cm³/mol. The van der Waals surface area contributed by atoms with E-state index < -0.39 is 0 Å². The Kier molecular flexibility index (Phi) is 2.56. The molecule has 1 aliphatic heterocycles. The molecule has 0 unspecified atom stereocenters. The molecule has 5 nitrogen and oxygen atoms in total. The topological polar surface area (TPSA) is 68.2 Å². The average molecular weight is 196 g/mol. The van der Waals surface area contributed by atoms with E-state index in [0.717, 1.165) is 19.0 Å². The average Bonchev–Trinajstić information content (AvgIpc) is 2.65. The summed E-state index contributed by atoms with van der Waals surface area (Å²) in [7, 11) is 0. The van der Waals surface area contributed by atoms with Gasteiger partial charge in [0.2, 0.25) is 0 Å². The van der Waals surface area contributed by atoms with Gasteiger partial charge in [-0.15, -0.1) is 0 Å². The van der Waals surface area contributed by atoms with E-state index in [9.17, 15) is 0 Å². The van der Waals surface area contributed by atoms with Crippen LogP contribution < -0.4 is 10.6 Å². The highest BCUT2D eigenvalue weighted by atomic mass is 16.4. The van der Waals surface area contributed by atoms with Crippen LogP contribution in [0.25, 0.3) is 0 Å². The Morgan fingerprint density at radius 1 is 1.43 bits per heavy atom. The van der Waals surface area contributed by atoms with Crippen LogP contribution in [-0.2, 0) is 0 Å². The molecule has 0 aromatic carbocycles. The number of hydrogen-bond acceptors (Lipinski definition) is 5. The van der Waals surface area contributed by atoms with Gasteiger partial charge in [0.15, 0.2) is 0 Å². The van der Waals surface area contributed by atoms with Crippen molar-refractivity contribution in [1.29, 1.82) is 0 Å². The van der Waals surface area contributed by atoms with Crippen LogP contribution >= 0.6 is 0 Å². The first-order valence-corrected chi connectivity index (χ1v) is 5.13. The van der Waals surface area contributed by atoms with Crippen LogP contribution in [0.3, 0.4) is 0 Å². The maximum atomic E-state index is 5.37. The lowest BCUT2D eigenvalue weighted by atomic mass is 9.95. The van der Waals surface area contributed by atoms with E-state index in [4.69, 9.17) is 10.2 Å². The second-order valence-electron chi connectivity index (χ2n) is 3.76. The molecular weight excluding hydrogens is 180 g/mol. The zero-order chi connectivity index (χ0) is 9.97. The monoisotopic (exact) mass is 196 g/mol. The summed E-state index contributed by atoms with van der Waals surface area (Å²) in [6.45, 7) is 4.24. The van der Waals surface area contributed by atoms with Crippen molar-refractivity contribution in [1.82, 2.24) is 10.2 Å². The fraction of sp³-hybridized carbons (Fsp3) is 0.778. The number of piperidine rings is 1. The number of hydrogen-bond donors (Lipinski definition) is 1.